The highest BCUT2D eigenvalue weighted by Gasteiger charge is 2.36. The largest absolute Gasteiger partial charge is 0.495 e. The summed E-state index contributed by atoms with van der Waals surface area (Å²) < 4.78 is 46.3. The van der Waals surface area contributed by atoms with Crippen LogP contribution in [0.15, 0.2) is 52.0 Å². The SMILES string of the molecule is COc1ccc(C)cc1S(=O)(=O)Nc1cc(OC2CN3CCC2CC3)c2occc2c1. The van der Waals surface area contributed by atoms with Gasteiger partial charge in [0.1, 0.15) is 16.7 Å². The molecule has 0 spiro atoms. The molecule has 1 aromatic heterocycles. The highest BCUT2D eigenvalue weighted by atomic mass is 32.2. The van der Waals surface area contributed by atoms with Gasteiger partial charge in [0, 0.05) is 18.0 Å². The molecule has 4 heterocycles. The maximum Gasteiger partial charge on any atom is 0.265 e. The van der Waals surface area contributed by atoms with Crippen LogP contribution in [0, 0.1) is 12.8 Å². The number of ether oxygens (including phenoxy) is 2. The van der Waals surface area contributed by atoms with E-state index in [-0.39, 0.29) is 11.0 Å². The summed E-state index contributed by atoms with van der Waals surface area (Å²) in [5.41, 5.74) is 1.89. The summed E-state index contributed by atoms with van der Waals surface area (Å²) in [5.74, 6) is 1.38. The summed E-state index contributed by atoms with van der Waals surface area (Å²) in [6.45, 7) is 4.98. The summed E-state index contributed by atoms with van der Waals surface area (Å²) in [6, 6.07) is 10.3. The van der Waals surface area contributed by atoms with Gasteiger partial charge in [-0.25, -0.2) is 8.42 Å². The Labute approximate surface area is 182 Å². The van der Waals surface area contributed by atoms with Crippen LogP contribution in [0.3, 0.4) is 0 Å². The number of furan rings is 1. The van der Waals surface area contributed by atoms with Crippen molar-refractivity contribution in [2.24, 2.45) is 5.92 Å². The standard InChI is InChI=1S/C23H26N2O5S/c1-15-3-4-19(28-2)22(11-15)31(26,27)24-18-12-17-7-10-29-23(17)20(13-18)30-21-14-25-8-5-16(21)6-9-25/h3-4,7,10-13,16,21,24H,5-6,8-9,14H2,1-2H3. The molecule has 31 heavy (non-hydrogen) atoms. The minimum Gasteiger partial charge on any atom is -0.495 e. The number of aryl methyl sites for hydroxylation is 1. The molecule has 3 aliphatic heterocycles. The van der Waals surface area contributed by atoms with Crippen LogP contribution in [0.1, 0.15) is 18.4 Å². The van der Waals surface area contributed by atoms with E-state index in [2.05, 4.69) is 9.62 Å². The van der Waals surface area contributed by atoms with E-state index in [0.29, 0.717) is 28.7 Å². The normalized spacial score (nSPS) is 23.1. The first-order valence-corrected chi connectivity index (χ1v) is 12.0. The zero-order valence-electron chi connectivity index (χ0n) is 17.6. The first-order chi connectivity index (χ1) is 14.9. The second kappa shape index (κ2) is 7.76. The number of nitrogens with one attached hydrogen (secondary N) is 1. The van der Waals surface area contributed by atoms with Gasteiger partial charge in [-0.3, -0.25) is 9.62 Å². The average Bonchev–Trinajstić information content (AvgIpc) is 3.23. The summed E-state index contributed by atoms with van der Waals surface area (Å²) in [5, 5.41) is 0.785. The third-order valence-corrected chi connectivity index (χ3v) is 7.65. The van der Waals surface area contributed by atoms with Crippen molar-refractivity contribution in [1.82, 2.24) is 4.90 Å². The molecule has 0 saturated carbocycles. The van der Waals surface area contributed by atoms with Crippen LogP contribution in [0.25, 0.3) is 11.0 Å². The quantitative estimate of drug-likeness (QED) is 0.621. The lowest BCUT2D eigenvalue weighted by Crippen LogP contribution is -2.52. The lowest BCUT2D eigenvalue weighted by molar-refractivity contribution is -0.00741. The predicted octanol–water partition coefficient (Wildman–Crippen LogP) is 4.02. The third kappa shape index (κ3) is 3.85. The number of rotatable bonds is 6. The van der Waals surface area contributed by atoms with Crippen molar-refractivity contribution in [3.63, 3.8) is 0 Å². The lowest BCUT2D eigenvalue weighted by Gasteiger charge is -2.44. The Kier molecular flexibility index (Phi) is 5.06. The van der Waals surface area contributed by atoms with E-state index >= 15 is 0 Å². The van der Waals surface area contributed by atoms with Gasteiger partial charge in [0.15, 0.2) is 11.3 Å². The third-order valence-electron chi connectivity index (χ3n) is 6.25. The Hall–Kier alpha value is -2.71. The molecular weight excluding hydrogens is 416 g/mol. The van der Waals surface area contributed by atoms with Crippen molar-refractivity contribution in [3.05, 3.63) is 48.2 Å². The van der Waals surface area contributed by atoms with Crippen molar-refractivity contribution in [2.75, 3.05) is 31.5 Å². The Morgan fingerprint density at radius 2 is 1.90 bits per heavy atom. The van der Waals surface area contributed by atoms with Gasteiger partial charge in [-0.1, -0.05) is 6.07 Å². The topological polar surface area (TPSA) is 81.0 Å². The van der Waals surface area contributed by atoms with Crippen molar-refractivity contribution in [3.8, 4) is 11.5 Å². The summed E-state index contributed by atoms with van der Waals surface area (Å²) in [7, 11) is -2.40. The number of benzene rings is 2. The fraction of sp³-hybridized carbons (Fsp3) is 0.391. The monoisotopic (exact) mass is 442 g/mol. The van der Waals surface area contributed by atoms with Crippen LogP contribution in [-0.4, -0.2) is 46.2 Å². The number of piperidine rings is 3. The van der Waals surface area contributed by atoms with Crippen LogP contribution in [0.5, 0.6) is 11.5 Å². The van der Waals surface area contributed by atoms with E-state index in [1.165, 1.54) is 7.11 Å². The fourth-order valence-corrected chi connectivity index (χ4v) is 5.90. The molecule has 2 bridgehead atoms. The number of methoxy groups -OCH3 is 1. The van der Waals surface area contributed by atoms with Gasteiger partial charge in [0.05, 0.1) is 19.1 Å². The number of fused-ring (bicyclic) bond motifs is 4. The molecule has 3 aliphatic rings. The first-order valence-electron chi connectivity index (χ1n) is 10.5. The molecule has 1 N–H and O–H groups in total. The molecule has 6 rings (SSSR count). The molecule has 164 valence electrons. The second-order valence-electron chi connectivity index (χ2n) is 8.37. The van der Waals surface area contributed by atoms with Gasteiger partial charge in [-0.15, -0.1) is 0 Å². The minimum absolute atomic E-state index is 0.0829. The van der Waals surface area contributed by atoms with Crippen LogP contribution in [-0.2, 0) is 10.0 Å². The second-order valence-corrected chi connectivity index (χ2v) is 10.0. The molecule has 1 atom stereocenters. The number of anilines is 1. The zero-order chi connectivity index (χ0) is 21.6. The van der Waals surface area contributed by atoms with Crippen LogP contribution in [0.2, 0.25) is 0 Å². The smallest absolute Gasteiger partial charge is 0.265 e. The highest BCUT2D eigenvalue weighted by Crippen LogP contribution is 2.37. The summed E-state index contributed by atoms with van der Waals surface area (Å²) in [6.07, 6.45) is 3.94. The zero-order valence-corrected chi connectivity index (χ0v) is 18.4. The average molecular weight is 443 g/mol. The molecule has 3 fully saturated rings. The molecule has 0 radical (unpaired) electrons. The Morgan fingerprint density at radius 1 is 1.10 bits per heavy atom. The van der Waals surface area contributed by atoms with E-state index < -0.39 is 10.0 Å². The number of hydrogen-bond donors (Lipinski definition) is 1. The number of nitrogens with zero attached hydrogens (tertiary/aromatic N) is 1. The Bertz CT molecular complexity index is 1210. The fourth-order valence-electron chi connectivity index (χ4n) is 4.61. The molecule has 0 amide bonds. The van der Waals surface area contributed by atoms with Gasteiger partial charge in [0.2, 0.25) is 0 Å². The van der Waals surface area contributed by atoms with Gasteiger partial charge >= 0.3 is 0 Å². The van der Waals surface area contributed by atoms with Crippen LogP contribution in [0.4, 0.5) is 5.69 Å². The van der Waals surface area contributed by atoms with Crippen molar-refractivity contribution < 1.29 is 22.3 Å². The number of sulfonamides is 1. The predicted molar refractivity (Wildman–Crippen MR) is 118 cm³/mol. The van der Waals surface area contributed by atoms with Crippen LogP contribution < -0.4 is 14.2 Å². The summed E-state index contributed by atoms with van der Waals surface area (Å²) >= 11 is 0. The van der Waals surface area contributed by atoms with Gasteiger partial charge in [-0.05, 0) is 68.6 Å². The molecule has 2 aromatic carbocycles. The van der Waals surface area contributed by atoms with Gasteiger partial charge < -0.3 is 13.9 Å². The van der Waals surface area contributed by atoms with E-state index in [1.807, 2.05) is 19.1 Å². The van der Waals surface area contributed by atoms with Crippen LogP contribution >= 0.6 is 0 Å². The van der Waals surface area contributed by atoms with Crippen molar-refractivity contribution >= 4 is 26.7 Å². The van der Waals surface area contributed by atoms with E-state index in [1.54, 1.807) is 30.5 Å². The molecule has 0 aliphatic carbocycles. The Balaban J connectivity index is 1.48. The van der Waals surface area contributed by atoms with Crippen molar-refractivity contribution in [1.29, 1.82) is 0 Å². The van der Waals surface area contributed by atoms with Crippen molar-refractivity contribution in [2.45, 2.75) is 30.8 Å². The van der Waals surface area contributed by atoms with E-state index in [0.717, 1.165) is 43.4 Å². The molecule has 8 heteroatoms. The van der Waals surface area contributed by atoms with E-state index in [9.17, 15) is 8.42 Å². The molecule has 3 aromatic rings. The summed E-state index contributed by atoms with van der Waals surface area (Å²) in [4.78, 5) is 2.52. The maximum absolute atomic E-state index is 13.2. The molecule has 7 nitrogen and oxygen atoms in total. The first kappa shape index (κ1) is 20.2. The van der Waals surface area contributed by atoms with Gasteiger partial charge in [0.25, 0.3) is 10.0 Å². The van der Waals surface area contributed by atoms with Gasteiger partial charge in [-0.2, -0.15) is 0 Å². The van der Waals surface area contributed by atoms with E-state index in [4.69, 9.17) is 13.9 Å². The maximum atomic E-state index is 13.2. The minimum atomic E-state index is -3.86. The Morgan fingerprint density at radius 3 is 2.61 bits per heavy atom. The molecule has 1 unspecified atom stereocenters. The number of hydrogen-bond acceptors (Lipinski definition) is 6. The lowest BCUT2D eigenvalue weighted by atomic mass is 9.86. The molecular formula is C23H26N2O5S. The molecule has 3 saturated heterocycles. The highest BCUT2D eigenvalue weighted by molar-refractivity contribution is 7.92.